The third-order valence-corrected chi connectivity index (χ3v) is 3.05. The topological polar surface area (TPSA) is 38.4 Å². The average molecular weight is 273 g/mol. The predicted octanol–water partition coefficient (Wildman–Crippen LogP) is 3.02. The molecule has 0 spiro atoms. The molecule has 1 aromatic rings. The molecule has 0 aliphatic carbocycles. The highest BCUT2D eigenvalue weighted by atomic mass is 79.9. The molecule has 0 saturated heterocycles. The zero-order valence-corrected chi connectivity index (χ0v) is 10.4. The normalized spacial score (nSPS) is 11.7. The second-order valence-electron chi connectivity index (χ2n) is 2.73. The summed E-state index contributed by atoms with van der Waals surface area (Å²) in [4.78, 5) is 4.11. The van der Waals surface area contributed by atoms with Crippen LogP contribution in [0.25, 0.3) is 0 Å². The molecule has 14 heavy (non-hydrogen) atoms. The molecule has 1 aromatic carbocycles. The molecular weight excluding hydrogens is 260 g/mol. The Labute approximate surface area is 97.1 Å². The SMILES string of the molecule is CCN=C(N)SCc1ccc(Br)cc1. The minimum Gasteiger partial charge on any atom is -0.379 e. The number of halogens is 1. The fraction of sp³-hybridized carbons (Fsp3) is 0.300. The Bertz CT molecular complexity index is 308. The van der Waals surface area contributed by atoms with Crippen LogP contribution in [0.3, 0.4) is 0 Å². The standard InChI is InChI=1S/C10H13BrN2S/c1-2-13-10(12)14-7-8-3-5-9(11)6-4-8/h3-6H,2,7H2,1H3,(H2,12,13). The second-order valence-corrected chi connectivity index (χ2v) is 4.64. The van der Waals surface area contributed by atoms with Crippen LogP contribution in [0.5, 0.6) is 0 Å². The van der Waals surface area contributed by atoms with Crippen molar-refractivity contribution in [2.24, 2.45) is 10.7 Å². The van der Waals surface area contributed by atoms with E-state index in [-0.39, 0.29) is 0 Å². The summed E-state index contributed by atoms with van der Waals surface area (Å²) in [6, 6.07) is 8.22. The number of rotatable bonds is 3. The molecular formula is C10H13BrN2S. The minimum absolute atomic E-state index is 0.662. The third-order valence-electron chi connectivity index (χ3n) is 1.61. The van der Waals surface area contributed by atoms with Gasteiger partial charge in [-0.1, -0.05) is 39.8 Å². The molecule has 0 amide bonds. The first kappa shape index (κ1) is 11.6. The van der Waals surface area contributed by atoms with Crippen molar-refractivity contribution in [3.8, 4) is 0 Å². The third kappa shape index (κ3) is 4.15. The lowest BCUT2D eigenvalue weighted by Crippen LogP contribution is -2.07. The number of aliphatic imine (C=N–C) groups is 1. The van der Waals surface area contributed by atoms with E-state index in [1.54, 1.807) is 11.8 Å². The van der Waals surface area contributed by atoms with Crippen molar-refractivity contribution in [3.63, 3.8) is 0 Å². The van der Waals surface area contributed by atoms with Crippen LogP contribution in [0.4, 0.5) is 0 Å². The highest BCUT2D eigenvalue weighted by Crippen LogP contribution is 2.15. The quantitative estimate of drug-likeness (QED) is 0.679. The van der Waals surface area contributed by atoms with E-state index in [4.69, 9.17) is 5.73 Å². The number of thioether (sulfide) groups is 1. The maximum atomic E-state index is 5.67. The van der Waals surface area contributed by atoms with E-state index in [9.17, 15) is 0 Å². The van der Waals surface area contributed by atoms with Gasteiger partial charge in [0.2, 0.25) is 0 Å². The molecule has 1 rings (SSSR count). The number of nitrogens with two attached hydrogens (primary N) is 1. The number of hydrogen-bond acceptors (Lipinski definition) is 2. The van der Waals surface area contributed by atoms with Gasteiger partial charge in [-0.05, 0) is 24.6 Å². The van der Waals surface area contributed by atoms with E-state index in [1.165, 1.54) is 5.56 Å². The van der Waals surface area contributed by atoms with Crippen LogP contribution in [-0.4, -0.2) is 11.7 Å². The van der Waals surface area contributed by atoms with Gasteiger partial charge in [0.1, 0.15) is 0 Å². The zero-order chi connectivity index (χ0) is 10.4. The second kappa shape index (κ2) is 6.09. The van der Waals surface area contributed by atoms with Gasteiger partial charge < -0.3 is 5.73 Å². The van der Waals surface area contributed by atoms with Crippen LogP contribution in [-0.2, 0) is 5.75 Å². The Morgan fingerprint density at radius 3 is 2.64 bits per heavy atom. The predicted molar refractivity (Wildman–Crippen MR) is 67.6 cm³/mol. The van der Waals surface area contributed by atoms with Crippen LogP contribution in [0.2, 0.25) is 0 Å². The van der Waals surface area contributed by atoms with E-state index in [0.717, 1.165) is 16.8 Å². The van der Waals surface area contributed by atoms with Gasteiger partial charge in [0.15, 0.2) is 5.17 Å². The summed E-state index contributed by atoms with van der Waals surface area (Å²) in [5.74, 6) is 0.878. The summed E-state index contributed by atoms with van der Waals surface area (Å²) in [6.45, 7) is 2.73. The van der Waals surface area contributed by atoms with Crippen molar-refractivity contribution in [1.29, 1.82) is 0 Å². The van der Waals surface area contributed by atoms with Gasteiger partial charge in [-0.25, -0.2) is 0 Å². The van der Waals surface area contributed by atoms with Gasteiger partial charge in [0.05, 0.1) is 0 Å². The first-order chi connectivity index (χ1) is 6.72. The molecule has 0 unspecified atom stereocenters. The highest BCUT2D eigenvalue weighted by Gasteiger charge is 1.96. The summed E-state index contributed by atoms with van der Waals surface area (Å²) in [7, 11) is 0. The molecule has 0 fully saturated rings. The minimum atomic E-state index is 0.662. The number of benzene rings is 1. The van der Waals surface area contributed by atoms with Crippen LogP contribution >= 0.6 is 27.7 Å². The summed E-state index contributed by atoms with van der Waals surface area (Å²) >= 11 is 4.97. The maximum Gasteiger partial charge on any atom is 0.154 e. The van der Waals surface area contributed by atoms with Crippen molar-refractivity contribution in [3.05, 3.63) is 34.3 Å². The van der Waals surface area contributed by atoms with E-state index in [0.29, 0.717) is 5.17 Å². The van der Waals surface area contributed by atoms with E-state index >= 15 is 0 Å². The Balaban J connectivity index is 2.46. The first-order valence-corrected chi connectivity index (χ1v) is 6.17. The lowest BCUT2D eigenvalue weighted by atomic mass is 10.2. The van der Waals surface area contributed by atoms with Crippen LogP contribution in [0.15, 0.2) is 33.7 Å². The molecule has 0 aliphatic rings. The lowest BCUT2D eigenvalue weighted by Gasteiger charge is -2.01. The van der Waals surface area contributed by atoms with Gasteiger partial charge in [0.25, 0.3) is 0 Å². The number of hydrogen-bond donors (Lipinski definition) is 1. The Kier molecular flexibility index (Phi) is 5.04. The van der Waals surface area contributed by atoms with Crippen molar-refractivity contribution >= 4 is 32.9 Å². The zero-order valence-electron chi connectivity index (χ0n) is 8.03. The smallest absolute Gasteiger partial charge is 0.154 e. The van der Waals surface area contributed by atoms with Crippen molar-refractivity contribution < 1.29 is 0 Å². The first-order valence-electron chi connectivity index (χ1n) is 4.39. The highest BCUT2D eigenvalue weighted by molar-refractivity contribution is 9.10. The maximum absolute atomic E-state index is 5.67. The summed E-state index contributed by atoms with van der Waals surface area (Å²) in [5, 5.41) is 0.662. The number of amidine groups is 1. The molecule has 4 heteroatoms. The van der Waals surface area contributed by atoms with Gasteiger partial charge in [0, 0.05) is 16.8 Å². The summed E-state index contributed by atoms with van der Waals surface area (Å²) in [5.41, 5.74) is 6.92. The molecule has 0 atom stereocenters. The van der Waals surface area contributed by atoms with Gasteiger partial charge >= 0.3 is 0 Å². The largest absolute Gasteiger partial charge is 0.379 e. The molecule has 0 saturated carbocycles. The monoisotopic (exact) mass is 272 g/mol. The van der Waals surface area contributed by atoms with Gasteiger partial charge in [-0.3, -0.25) is 4.99 Å². The molecule has 0 radical (unpaired) electrons. The fourth-order valence-corrected chi connectivity index (χ4v) is 1.93. The molecule has 0 aromatic heterocycles. The van der Waals surface area contributed by atoms with E-state index in [2.05, 4.69) is 33.1 Å². The molecule has 0 bridgehead atoms. The van der Waals surface area contributed by atoms with Crippen LogP contribution in [0.1, 0.15) is 12.5 Å². The summed E-state index contributed by atoms with van der Waals surface area (Å²) in [6.07, 6.45) is 0. The fourth-order valence-electron chi connectivity index (χ4n) is 0.939. The molecule has 0 aliphatic heterocycles. The van der Waals surface area contributed by atoms with Crippen molar-refractivity contribution in [2.75, 3.05) is 6.54 Å². The van der Waals surface area contributed by atoms with Crippen molar-refractivity contribution in [2.45, 2.75) is 12.7 Å². The van der Waals surface area contributed by atoms with E-state index < -0.39 is 0 Å². The van der Waals surface area contributed by atoms with Gasteiger partial charge in [-0.15, -0.1) is 0 Å². The van der Waals surface area contributed by atoms with Gasteiger partial charge in [-0.2, -0.15) is 0 Å². The lowest BCUT2D eigenvalue weighted by molar-refractivity contribution is 1.13. The Hall–Kier alpha value is -0.480. The van der Waals surface area contributed by atoms with E-state index in [1.807, 2.05) is 19.1 Å². The molecule has 2 nitrogen and oxygen atoms in total. The van der Waals surface area contributed by atoms with Crippen LogP contribution in [0, 0.1) is 0 Å². The molecule has 0 heterocycles. The molecule has 76 valence electrons. The van der Waals surface area contributed by atoms with Crippen LogP contribution < -0.4 is 5.73 Å². The van der Waals surface area contributed by atoms with Crippen molar-refractivity contribution in [1.82, 2.24) is 0 Å². The Morgan fingerprint density at radius 1 is 1.43 bits per heavy atom. The number of nitrogens with zero attached hydrogens (tertiary/aromatic N) is 1. The average Bonchev–Trinajstić information content (AvgIpc) is 2.17. The summed E-state index contributed by atoms with van der Waals surface area (Å²) < 4.78 is 1.10. The Morgan fingerprint density at radius 2 is 2.07 bits per heavy atom. The molecule has 2 N–H and O–H groups in total.